The molecular formula is C13H20BrClN2. The van der Waals surface area contributed by atoms with Gasteiger partial charge in [-0.25, -0.2) is 4.98 Å². The van der Waals surface area contributed by atoms with Crippen LogP contribution in [0.4, 0.5) is 5.82 Å². The monoisotopic (exact) mass is 318 g/mol. The largest absolute Gasteiger partial charge is 0.352 e. The lowest BCUT2D eigenvalue weighted by atomic mass is 10.1. The Morgan fingerprint density at radius 1 is 1.41 bits per heavy atom. The maximum absolute atomic E-state index is 5.90. The minimum atomic E-state index is 0.500. The predicted octanol–water partition coefficient (Wildman–Crippen LogP) is 4.39. The molecule has 0 aromatic carbocycles. The minimum absolute atomic E-state index is 0.500. The molecule has 0 saturated carbocycles. The summed E-state index contributed by atoms with van der Waals surface area (Å²) in [6.07, 6.45) is 4.12. The third kappa shape index (κ3) is 3.85. The zero-order chi connectivity index (χ0) is 12.8. The first-order valence-electron chi connectivity index (χ1n) is 6.08. The average Bonchev–Trinajstić information content (AvgIpc) is 2.30. The van der Waals surface area contributed by atoms with Crippen LogP contribution in [-0.2, 0) is 0 Å². The highest BCUT2D eigenvalue weighted by atomic mass is 79.9. The number of halogens is 2. The molecule has 0 radical (unpaired) electrons. The number of aromatic nitrogens is 1. The molecule has 0 amide bonds. The fourth-order valence-electron chi connectivity index (χ4n) is 2.02. The van der Waals surface area contributed by atoms with Crippen molar-refractivity contribution in [3.05, 3.63) is 22.3 Å². The van der Waals surface area contributed by atoms with E-state index in [2.05, 4.69) is 45.7 Å². The zero-order valence-electron chi connectivity index (χ0n) is 10.7. The van der Waals surface area contributed by atoms with Gasteiger partial charge in [-0.2, -0.15) is 0 Å². The van der Waals surface area contributed by atoms with Gasteiger partial charge in [-0.15, -0.1) is 11.6 Å². The molecule has 0 aliphatic rings. The molecule has 0 spiro atoms. The van der Waals surface area contributed by atoms with Crippen LogP contribution >= 0.6 is 27.5 Å². The van der Waals surface area contributed by atoms with Gasteiger partial charge in [0, 0.05) is 24.7 Å². The highest BCUT2D eigenvalue weighted by Gasteiger charge is 2.18. The third-order valence-electron chi connectivity index (χ3n) is 2.94. The lowest BCUT2D eigenvalue weighted by Crippen LogP contribution is -2.37. The molecule has 1 aromatic rings. The Hall–Kier alpha value is -0.280. The topological polar surface area (TPSA) is 16.1 Å². The summed E-state index contributed by atoms with van der Waals surface area (Å²) in [7, 11) is 0. The van der Waals surface area contributed by atoms with E-state index in [-0.39, 0.29) is 0 Å². The minimum Gasteiger partial charge on any atom is -0.352 e. The van der Waals surface area contributed by atoms with Gasteiger partial charge in [0.05, 0.1) is 4.47 Å². The fourth-order valence-corrected chi connectivity index (χ4v) is 2.89. The summed E-state index contributed by atoms with van der Waals surface area (Å²) in [5.41, 5.74) is 1.16. The van der Waals surface area contributed by atoms with E-state index in [0.717, 1.165) is 35.2 Å². The summed E-state index contributed by atoms with van der Waals surface area (Å²) in [6.45, 7) is 7.29. The van der Waals surface area contributed by atoms with Gasteiger partial charge in [-0.3, -0.25) is 0 Å². The van der Waals surface area contributed by atoms with Gasteiger partial charge >= 0.3 is 0 Å². The first-order valence-corrected chi connectivity index (χ1v) is 7.41. The van der Waals surface area contributed by atoms with Crippen LogP contribution in [0.3, 0.4) is 0 Å². The van der Waals surface area contributed by atoms with Crippen LogP contribution in [0, 0.1) is 6.92 Å². The van der Waals surface area contributed by atoms with Crippen molar-refractivity contribution in [2.45, 2.75) is 39.7 Å². The molecule has 4 heteroatoms. The summed E-state index contributed by atoms with van der Waals surface area (Å²) in [5, 5.41) is 0. The molecule has 96 valence electrons. The first kappa shape index (κ1) is 14.8. The van der Waals surface area contributed by atoms with E-state index in [1.165, 1.54) is 0 Å². The van der Waals surface area contributed by atoms with E-state index in [1.807, 2.05) is 13.1 Å². The highest BCUT2D eigenvalue weighted by molar-refractivity contribution is 9.10. The number of hydrogen-bond donors (Lipinski definition) is 0. The molecule has 1 heterocycles. The van der Waals surface area contributed by atoms with Crippen molar-refractivity contribution < 1.29 is 0 Å². The summed E-state index contributed by atoms with van der Waals surface area (Å²) >= 11 is 9.50. The second-order valence-corrected chi connectivity index (χ2v) is 5.40. The highest BCUT2D eigenvalue weighted by Crippen LogP contribution is 2.27. The second kappa shape index (κ2) is 7.22. The number of rotatable bonds is 6. The normalized spacial score (nSPS) is 10.9. The summed E-state index contributed by atoms with van der Waals surface area (Å²) in [5.74, 6) is 1.63. The average molecular weight is 320 g/mol. The second-order valence-electron chi connectivity index (χ2n) is 4.17. The quantitative estimate of drug-likeness (QED) is 0.723. The van der Waals surface area contributed by atoms with Crippen molar-refractivity contribution >= 4 is 33.3 Å². The van der Waals surface area contributed by atoms with Crippen molar-refractivity contribution in [2.75, 3.05) is 17.3 Å². The lowest BCUT2D eigenvalue weighted by molar-refractivity contribution is 0.562. The Kier molecular flexibility index (Phi) is 6.28. The van der Waals surface area contributed by atoms with E-state index in [0.29, 0.717) is 11.9 Å². The van der Waals surface area contributed by atoms with Crippen molar-refractivity contribution in [2.24, 2.45) is 0 Å². The molecule has 0 unspecified atom stereocenters. The number of aryl methyl sites for hydroxylation is 1. The number of pyridine rings is 1. The number of hydrogen-bond acceptors (Lipinski definition) is 2. The van der Waals surface area contributed by atoms with E-state index < -0.39 is 0 Å². The molecule has 0 aliphatic carbocycles. The molecule has 0 fully saturated rings. The molecule has 0 aliphatic heterocycles. The SMILES string of the molecule is CCC(CC)N(CCCl)c1ncc(C)cc1Br. The Bertz CT molecular complexity index is 353. The summed E-state index contributed by atoms with van der Waals surface area (Å²) in [6, 6.07) is 2.60. The standard InChI is InChI=1S/C13H20BrClN2/c1-4-11(5-2)17(7-6-15)13-12(14)8-10(3)9-16-13/h8-9,11H,4-7H2,1-3H3. The van der Waals surface area contributed by atoms with E-state index in [4.69, 9.17) is 11.6 Å². The smallest absolute Gasteiger partial charge is 0.143 e. The molecule has 2 nitrogen and oxygen atoms in total. The third-order valence-corrected chi connectivity index (χ3v) is 3.69. The van der Waals surface area contributed by atoms with Crippen molar-refractivity contribution in [1.29, 1.82) is 0 Å². The van der Waals surface area contributed by atoms with Crippen molar-refractivity contribution in [1.82, 2.24) is 4.98 Å². The maximum atomic E-state index is 5.90. The van der Waals surface area contributed by atoms with Crippen LogP contribution in [0.1, 0.15) is 32.3 Å². The molecule has 0 N–H and O–H groups in total. The Morgan fingerprint density at radius 2 is 2.06 bits per heavy atom. The molecule has 17 heavy (non-hydrogen) atoms. The van der Waals surface area contributed by atoms with Crippen molar-refractivity contribution in [3.8, 4) is 0 Å². The predicted molar refractivity (Wildman–Crippen MR) is 79.1 cm³/mol. The summed E-state index contributed by atoms with van der Waals surface area (Å²) < 4.78 is 1.05. The Balaban J connectivity index is 3.03. The molecule has 0 bridgehead atoms. The van der Waals surface area contributed by atoms with E-state index in [1.54, 1.807) is 0 Å². The van der Waals surface area contributed by atoms with Crippen LogP contribution in [0.5, 0.6) is 0 Å². The van der Waals surface area contributed by atoms with Gasteiger partial charge in [0.15, 0.2) is 0 Å². The van der Waals surface area contributed by atoms with E-state index in [9.17, 15) is 0 Å². The van der Waals surface area contributed by atoms with Crippen LogP contribution in [0.15, 0.2) is 16.7 Å². The van der Waals surface area contributed by atoms with Crippen LogP contribution in [0.2, 0.25) is 0 Å². The van der Waals surface area contributed by atoms with Gasteiger partial charge in [0.1, 0.15) is 5.82 Å². The van der Waals surface area contributed by atoms with Gasteiger partial charge in [-0.1, -0.05) is 13.8 Å². The lowest BCUT2D eigenvalue weighted by Gasteiger charge is -2.31. The Labute approximate surface area is 118 Å². The van der Waals surface area contributed by atoms with Crippen LogP contribution in [-0.4, -0.2) is 23.5 Å². The Morgan fingerprint density at radius 3 is 2.53 bits per heavy atom. The maximum Gasteiger partial charge on any atom is 0.143 e. The van der Waals surface area contributed by atoms with Gasteiger partial charge in [-0.05, 0) is 47.3 Å². The van der Waals surface area contributed by atoms with Crippen LogP contribution < -0.4 is 4.90 Å². The summed E-state index contributed by atoms with van der Waals surface area (Å²) in [4.78, 5) is 6.84. The van der Waals surface area contributed by atoms with Gasteiger partial charge < -0.3 is 4.90 Å². The van der Waals surface area contributed by atoms with Gasteiger partial charge in [0.25, 0.3) is 0 Å². The number of nitrogens with zero attached hydrogens (tertiary/aromatic N) is 2. The molecule has 1 aromatic heterocycles. The number of anilines is 1. The van der Waals surface area contributed by atoms with Crippen LogP contribution in [0.25, 0.3) is 0 Å². The zero-order valence-corrected chi connectivity index (χ0v) is 13.1. The molecule has 0 saturated heterocycles. The fraction of sp³-hybridized carbons (Fsp3) is 0.615. The number of alkyl halides is 1. The molecular weight excluding hydrogens is 300 g/mol. The molecule has 0 atom stereocenters. The first-order chi connectivity index (χ1) is 8.13. The molecule has 1 rings (SSSR count). The van der Waals surface area contributed by atoms with Gasteiger partial charge in [0.2, 0.25) is 0 Å². The van der Waals surface area contributed by atoms with Crippen molar-refractivity contribution in [3.63, 3.8) is 0 Å². The van der Waals surface area contributed by atoms with E-state index >= 15 is 0 Å².